The molecule has 0 aliphatic carbocycles. The fourth-order valence-corrected chi connectivity index (χ4v) is 9.21. The van der Waals surface area contributed by atoms with Gasteiger partial charge in [0.15, 0.2) is 0 Å². The van der Waals surface area contributed by atoms with Gasteiger partial charge in [-0.05, 0) is 117 Å². The minimum absolute atomic E-state index is 0. The average Bonchev–Trinajstić information content (AvgIpc) is 3.70. The Morgan fingerprint density at radius 3 is 1.59 bits per heavy atom. The van der Waals surface area contributed by atoms with Crippen molar-refractivity contribution in [3.63, 3.8) is 0 Å². The van der Waals surface area contributed by atoms with Crippen LogP contribution >= 0.6 is 31.9 Å². The van der Waals surface area contributed by atoms with E-state index in [0.717, 1.165) is 37.8 Å². The summed E-state index contributed by atoms with van der Waals surface area (Å²) in [7, 11) is 0. The van der Waals surface area contributed by atoms with Crippen LogP contribution in [-0.2, 0) is 12.8 Å². The van der Waals surface area contributed by atoms with E-state index in [0.29, 0.717) is 33.9 Å². The third-order valence-corrected chi connectivity index (χ3v) is 12.8. The fourth-order valence-electron chi connectivity index (χ4n) is 8.55. The molecule has 4 nitrogen and oxygen atoms in total. The third kappa shape index (κ3) is 9.04. The van der Waals surface area contributed by atoms with Crippen molar-refractivity contribution in [1.82, 2.24) is 19.8 Å². The Kier molecular flexibility index (Phi) is 13.2. The van der Waals surface area contributed by atoms with E-state index in [-0.39, 0.29) is 68.7 Å². The second-order valence-corrected chi connectivity index (χ2v) is 17.8. The number of aromatic amines is 2. The fraction of sp³-hybridized carbons (Fsp3) is 0.391. The zero-order valence-corrected chi connectivity index (χ0v) is 35.9. The van der Waals surface area contributed by atoms with Gasteiger partial charge < -0.3 is 9.97 Å². The molecule has 5 atom stereocenters. The number of benzene rings is 4. The minimum Gasteiger partial charge on any atom is -0.357 e. The molecule has 316 valence electrons. The summed E-state index contributed by atoms with van der Waals surface area (Å²) < 4.78 is 103. The summed E-state index contributed by atoms with van der Waals surface area (Å²) in [6, 6.07) is 17.8. The van der Waals surface area contributed by atoms with Gasteiger partial charge in [0.05, 0.1) is 18.6 Å². The van der Waals surface area contributed by atoms with Crippen LogP contribution in [0.1, 0.15) is 101 Å². The summed E-state index contributed by atoms with van der Waals surface area (Å²) >= 11 is 6.56. The molecule has 2 aliphatic heterocycles. The number of rotatable bonds is 8. The van der Waals surface area contributed by atoms with E-state index < -0.39 is 29.3 Å². The highest BCUT2D eigenvalue weighted by Gasteiger charge is 2.43. The normalized spacial score (nSPS) is 20.7. The Morgan fingerprint density at radius 1 is 0.644 bits per heavy atom. The molecule has 2 aliphatic rings. The summed E-state index contributed by atoms with van der Waals surface area (Å²) in [5, 5.41) is 1.53. The lowest BCUT2D eigenvalue weighted by atomic mass is 9.87. The van der Waals surface area contributed by atoms with Gasteiger partial charge in [0.25, 0.3) is 5.92 Å². The molecule has 0 spiro atoms. The molecule has 4 aromatic carbocycles. The highest BCUT2D eigenvalue weighted by atomic mass is 79.9. The second kappa shape index (κ2) is 17.4. The predicted octanol–water partition coefficient (Wildman–Crippen LogP) is 13.9. The van der Waals surface area contributed by atoms with Crippen LogP contribution in [-0.4, -0.2) is 56.5 Å². The van der Waals surface area contributed by atoms with Crippen LogP contribution in [0.4, 0.5) is 30.7 Å². The van der Waals surface area contributed by atoms with Crippen molar-refractivity contribution < 1.29 is 30.7 Å². The average molecular weight is 951 g/mol. The summed E-state index contributed by atoms with van der Waals surface area (Å²) in [6.45, 7) is 8.36. The lowest BCUT2D eigenvalue weighted by Gasteiger charge is -2.43. The molecule has 5 unspecified atom stereocenters. The van der Waals surface area contributed by atoms with E-state index in [2.05, 4.69) is 41.8 Å². The number of hydrogen-bond acceptors (Lipinski definition) is 2. The first-order valence-electron chi connectivity index (χ1n) is 19.5. The Morgan fingerprint density at radius 2 is 1.12 bits per heavy atom. The monoisotopic (exact) mass is 948 g/mol. The number of aromatic nitrogens is 2. The Hall–Kier alpha value is -3.65. The molecule has 2 aromatic heterocycles. The Labute approximate surface area is 357 Å². The molecule has 0 fully saturated rings. The smallest absolute Gasteiger partial charge is 0.260 e. The predicted molar refractivity (Wildman–Crippen MR) is 230 cm³/mol. The molecular weight excluding hydrogens is 901 g/mol. The molecular formula is C46H49Br2F7N4. The maximum Gasteiger partial charge on any atom is 0.260 e. The quantitative estimate of drug-likeness (QED) is 0.149. The van der Waals surface area contributed by atoms with Gasteiger partial charge in [-0.15, -0.1) is 0 Å². The summed E-state index contributed by atoms with van der Waals surface area (Å²) in [4.78, 5) is 10.3. The van der Waals surface area contributed by atoms with E-state index in [1.165, 1.54) is 50.2 Å². The van der Waals surface area contributed by atoms with Gasteiger partial charge in [0.1, 0.15) is 28.9 Å². The van der Waals surface area contributed by atoms with Gasteiger partial charge in [0, 0.05) is 72.8 Å². The topological polar surface area (TPSA) is 38.1 Å². The van der Waals surface area contributed by atoms with Crippen LogP contribution in [0.2, 0.25) is 0 Å². The van der Waals surface area contributed by atoms with E-state index in [1.54, 1.807) is 19.1 Å². The van der Waals surface area contributed by atoms with Crippen molar-refractivity contribution in [3.05, 3.63) is 139 Å². The number of alkyl halides is 3. The van der Waals surface area contributed by atoms with Crippen LogP contribution in [0.15, 0.2) is 81.7 Å². The van der Waals surface area contributed by atoms with E-state index in [1.807, 2.05) is 47.9 Å². The lowest BCUT2D eigenvalue weighted by Crippen LogP contribution is -2.48. The molecule has 0 bridgehead atoms. The molecule has 13 heteroatoms. The van der Waals surface area contributed by atoms with Gasteiger partial charge in [-0.2, -0.15) is 0 Å². The molecule has 2 N–H and O–H groups in total. The van der Waals surface area contributed by atoms with Gasteiger partial charge in [-0.1, -0.05) is 65.3 Å². The number of halogens is 9. The molecule has 0 radical (unpaired) electrons. The molecule has 6 aromatic rings. The summed E-state index contributed by atoms with van der Waals surface area (Å²) in [5.41, 5.74) is 4.11. The lowest BCUT2D eigenvalue weighted by molar-refractivity contribution is -0.0544. The SMILES string of the molecule is C.CCC(C)(F)CN1C(C)Cc2c([nH]c3ccc(F)cc23)C1c1c(F)cc(Br)cc1F.CCC(F)(F)CN1C(C)Cc2c([nH]c3ccc(F)cc23)C1c1ccc(Br)cc1. The highest BCUT2D eigenvalue weighted by Crippen LogP contribution is 2.45. The molecule has 0 saturated carbocycles. The van der Waals surface area contributed by atoms with E-state index in [4.69, 9.17) is 0 Å². The Bertz CT molecular complexity index is 2420. The maximum atomic E-state index is 15.1. The third-order valence-electron chi connectivity index (χ3n) is 11.8. The van der Waals surface area contributed by atoms with Crippen molar-refractivity contribution in [1.29, 1.82) is 0 Å². The first-order valence-corrected chi connectivity index (χ1v) is 21.1. The standard InChI is InChI=1S/C23H23BrF4N2.C22H22BrF3N2.CH4/c1-4-23(3,28)11-30-12(2)7-16-15-10-14(25)5-6-19(15)29-21(16)22(30)20-17(26)8-13(24)9-18(20)27;1-3-22(25,26)12-28-13(2)10-18-17-11-16(24)8-9-19(17)27-20(18)21(28)14-4-6-15(23)7-5-14;/h5-6,8-10,12,22,29H,4,7,11H2,1-3H3;4-9,11,13,21,27H,3,10,12H2,1-2H3;1H4. The zero-order valence-electron chi connectivity index (χ0n) is 32.8. The number of fused-ring (bicyclic) bond motifs is 6. The maximum absolute atomic E-state index is 15.1. The molecule has 4 heterocycles. The summed E-state index contributed by atoms with van der Waals surface area (Å²) in [6.07, 6.45) is 1.20. The molecule has 0 amide bonds. The van der Waals surface area contributed by atoms with Crippen molar-refractivity contribution >= 4 is 53.7 Å². The van der Waals surface area contributed by atoms with Crippen LogP contribution in [0.3, 0.4) is 0 Å². The second-order valence-electron chi connectivity index (χ2n) is 16.0. The zero-order chi connectivity index (χ0) is 41.8. The molecule has 8 rings (SSSR count). The number of H-pyrrole nitrogens is 2. The van der Waals surface area contributed by atoms with Crippen LogP contribution < -0.4 is 0 Å². The highest BCUT2D eigenvalue weighted by molar-refractivity contribution is 9.10. The molecule has 59 heavy (non-hydrogen) atoms. The van der Waals surface area contributed by atoms with Gasteiger partial charge in [0.2, 0.25) is 0 Å². The number of nitrogens with zero attached hydrogens (tertiary/aromatic N) is 2. The number of hydrogen-bond donors (Lipinski definition) is 2. The van der Waals surface area contributed by atoms with Crippen molar-refractivity contribution in [3.8, 4) is 0 Å². The van der Waals surface area contributed by atoms with E-state index in [9.17, 15) is 17.6 Å². The van der Waals surface area contributed by atoms with Crippen LogP contribution in [0.5, 0.6) is 0 Å². The first kappa shape index (κ1) is 44.9. The summed E-state index contributed by atoms with van der Waals surface area (Å²) in [5.74, 6) is -4.85. The van der Waals surface area contributed by atoms with Gasteiger partial charge >= 0.3 is 0 Å². The van der Waals surface area contributed by atoms with Gasteiger partial charge in [-0.3, -0.25) is 9.80 Å². The molecule has 0 saturated heterocycles. The van der Waals surface area contributed by atoms with Crippen LogP contribution in [0.25, 0.3) is 21.8 Å². The van der Waals surface area contributed by atoms with Crippen molar-refractivity contribution in [2.24, 2.45) is 0 Å². The van der Waals surface area contributed by atoms with E-state index >= 15 is 13.2 Å². The van der Waals surface area contributed by atoms with Crippen molar-refractivity contribution in [2.75, 3.05) is 13.1 Å². The Balaban J connectivity index is 0.000000195. The first-order chi connectivity index (χ1) is 27.4. The largest absolute Gasteiger partial charge is 0.357 e. The van der Waals surface area contributed by atoms with Gasteiger partial charge in [-0.25, -0.2) is 30.7 Å². The van der Waals surface area contributed by atoms with Crippen LogP contribution in [0, 0.1) is 23.3 Å². The minimum atomic E-state index is -2.77. The number of nitrogens with one attached hydrogen (secondary N) is 2. The van der Waals surface area contributed by atoms with Crippen molar-refractivity contribution in [2.45, 2.75) is 103 Å².